The Morgan fingerprint density at radius 3 is 2.25 bits per heavy atom. The highest BCUT2D eigenvalue weighted by Gasteiger charge is 2.02. The molecule has 0 saturated heterocycles. The molecule has 0 aliphatic carbocycles. The Labute approximate surface area is 122 Å². The molecule has 0 saturated carbocycles. The van der Waals surface area contributed by atoms with Gasteiger partial charge in [0, 0.05) is 12.6 Å². The Kier molecular flexibility index (Phi) is 4.94. The van der Waals surface area contributed by atoms with Crippen molar-refractivity contribution in [2.45, 2.75) is 25.9 Å². The molecule has 0 fully saturated rings. The van der Waals surface area contributed by atoms with Crippen molar-refractivity contribution in [3.8, 4) is 11.1 Å². The fraction of sp³-hybridized carbons (Fsp3) is 0.333. The normalized spacial score (nSPS) is 12.7. The quantitative estimate of drug-likeness (QED) is 0.901. The molecule has 2 heteroatoms. The van der Waals surface area contributed by atoms with Gasteiger partial charge in [-0.05, 0) is 55.8 Å². The van der Waals surface area contributed by atoms with Crippen molar-refractivity contribution in [3.63, 3.8) is 0 Å². The van der Waals surface area contributed by atoms with Crippen molar-refractivity contribution < 1.29 is 0 Å². The Morgan fingerprint density at radius 2 is 1.65 bits per heavy atom. The summed E-state index contributed by atoms with van der Waals surface area (Å²) in [7, 11) is 4.19. The van der Waals surface area contributed by atoms with E-state index < -0.39 is 0 Å². The monoisotopic (exact) mass is 268 g/mol. The predicted molar refractivity (Wildman–Crippen MR) is 86.6 cm³/mol. The highest BCUT2D eigenvalue weighted by atomic mass is 15.0. The molecule has 0 spiro atoms. The van der Waals surface area contributed by atoms with Crippen molar-refractivity contribution in [1.82, 2.24) is 4.90 Å². The average molecular weight is 268 g/mol. The standard InChI is InChI=1S/C18H24N2/c1-14(19)11-15-7-9-17(10-8-15)18-6-4-5-16(12-18)13-20(2)3/h4-10,12,14H,11,13,19H2,1-3H3. The van der Waals surface area contributed by atoms with Crippen LogP contribution in [0.1, 0.15) is 18.1 Å². The van der Waals surface area contributed by atoms with Crippen LogP contribution in [0.15, 0.2) is 48.5 Å². The molecule has 1 atom stereocenters. The molecule has 1 unspecified atom stereocenters. The molecular weight excluding hydrogens is 244 g/mol. The lowest BCUT2D eigenvalue weighted by atomic mass is 10.00. The minimum Gasteiger partial charge on any atom is -0.328 e. The summed E-state index contributed by atoms with van der Waals surface area (Å²) in [5, 5.41) is 0. The van der Waals surface area contributed by atoms with Gasteiger partial charge in [0.2, 0.25) is 0 Å². The predicted octanol–water partition coefficient (Wildman–Crippen LogP) is 3.30. The van der Waals surface area contributed by atoms with Gasteiger partial charge in [-0.15, -0.1) is 0 Å². The molecule has 0 aliphatic rings. The topological polar surface area (TPSA) is 29.3 Å². The molecule has 2 N–H and O–H groups in total. The number of hydrogen-bond acceptors (Lipinski definition) is 2. The maximum absolute atomic E-state index is 5.84. The van der Waals surface area contributed by atoms with Crippen molar-refractivity contribution in [2.24, 2.45) is 5.73 Å². The molecule has 2 aromatic carbocycles. The number of nitrogens with zero attached hydrogens (tertiary/aromatic N) is 1. The summed E-state index contributed by atoms with van der Waals surface area (Å²) in [6, 6.07) is 17.7. The van der Waals surface area contributed by atoms with Crippen LogP contribution < -0.4 is 5.73 Å². The average Bonchev–Trinajstić information content (AvgIpc) is 2.38. The van der Waals surface area contributed by atoms with Crippen LogP contribution in [0.25, 0.3) is 11.1 Å². The van der Waals surface area contributed by atoms with Crippen LogP contribution >= 0.6 is 0 Å². The first-order valence-corrected chi connectivity index (χ1v) is 7.13. The molecule has 0 aromatic heterocycles. The third-order valence-electron chi connectivity index (χ3n) is 3.27. The summed E-state index contributed by atoms with van der Waals surface area (Å²) in [4.78, 5) is 2.19. The van der Waals surface area contributed by atoms with E-state index in [9.17, 15) is 0 Å². The largest absolute Gasteiger partial charge is 0.328 e. The second-order valence-corrected chi connectivity index (χ2v) is 5.82. The number of benzene rings is 2. The molecule has 0 bridgehead atoms. The second kappa shape index (κ2) is 6.69. The van der Waals surface area contributed by atoms with Crippen molar-refractivity contribution in [3.05, 3.63) is 59.7 Å². The van der Waals surface area contributed by atoms with Gasteiger partial charge < -0.3 is 10.6 Å². The van der Waals surface area contributed by atoms with Gasteiger partial charge in [0.25, 0.3) is 0 Å². The minimum absolute atomic E-state index is 0.212. The molecule has 106 valence electrons. The van der Waals surface area contributed by atoms with Crippen molar-refractivity contribution in [1.29, 1.82) is 0 Å². The highest BCUT2D eigenvalue weighted by molar-refractivity contribution is 5.64. The zero-order valence-electron chi connectivity index (χ0n) is 12.6. The van der Waals surface area contributed by atoms with Gasteiger partial charge >= 0.3 is 0 Å². The van der Waals surface area contributed by atoms with E-state index in [-0.39, 0.29) is 6.04 Å². The smallest absolute Gasteiger partial charge is 0.0227 e. The molecule has 2 nitrogen and oxygen atoms in total. The maximum Gasteiger partial charge on any atom is 0.0227 e. The second-order valence-electron chi connectivity index (χ2n) is 5.82. The van der Waals surface area contributed by atoms with E-state index in [1.807, 2.05) is 6.92 Å². The van der Waals surface area contributed by atoms with Gasteiger partial charge in [0.1, 0.15) is 0 Å². The summed E-state index contributed by atoms with van der Waals surface area (Å²) < 4.78 is 0. The van der Waals surface area contributed by atoms with E-state index >= 15 is 0 Å². The number of rotatable bonds is 5. The molecule has 0 radical (unpaired) electrons. The zero-order chi connectivity index (χ0) is 14.5. The molecule has 0 amide bonds. The van der Waals surface area contributed by atoms with E-state index in [0.29, 0.717) is 0 Å². The summed E-state index contributed by atoms with van der Waals surface area (Å²) in [5.41, 5.74) is 11.0. The Morgan fingerprint density at radius 1 is 0.950 bits per heavy atom. The van der Waals surface area contributed by atoms with Gasteiger partial charge in [-0.1, -0.05) is 42.5 Å². The lowest BCUT2D eigenvalue weighted by Crippen LogP contribution is -2.17. The molecule has 2 aromatic rings. The van der Waals surface area contributed by atoms with Crippen molar-refractivity contribution >= 4 is 0 Å². The van der Waals surface area contributed by atoms with Gasteiger partial charge in [-0.25, -0.2) is 0 Å². The van der Waals surface area contributed by atoms with Gasteiger partial charge in [0.15, 0.2) is 0 Å². The Balaban J connectivity index is 2.18. The van der Waals surface area contributed by atoms with Gasteiger partial charge in [0.05, 0.1) is 0 Å². The lowest BCUT2D eigenvalue weighted by molar-refractivity contribution is 0.402. The van der Waals surface area contributed by atoms with E-state index in [4.69, 9.17) is 5.73 Å². The summed E-state index contributed by atoms with van der Waals surface area (Å²) >= 11 is 0. The van der Waals surface area contributed by atoms with Crippen LogP contribution in [-0.4, -0.2) is 25.0 Å². The highest BCUT2D eigenvalue weighted by Crippen LogP contribution is 2.21. The van der Waals surface area contributed by atoms with E-state index in [1.165, 1.54) is 22.3 Å². The first-order chi connectivity index (χ1) is 9.54. The molecule has 2 rings (SSSR count). The van der Waals surface area contributed by atoms with Crippen LogP contribution in [0, 0.1) is 0 Å². The van der Waals surface area contributed by atoms with Gasteiger partial charge in [-0.2, -0.15) is 0 Å². The van der Waals surface area contributed by atoms with Gasteiger partial charge in [-0.3, -0.25) is 0 Å². The summed E-state index contributed by atoms with van der Waals surface area (Å²) in [5.74, 6) is 0. The maximum atomic E-state index is 5.84. The van der Waals surface area contributed by atoms with Crippen LogP contribution in [0.4, 0.5) is 0 Å². The fourth-order valence-electron chi connectivity index (χ4n) is 2.42. The number of nitrogens with two attached hydrogens (primary N) is 1. The summed E-state index contributed by atoms with van der Waals surface area (Å²) in [6.07, 6.45) is 0.931. The minimum atomic E-state index is 0.212. The summed E-state index contributed by atoms with van der Waals surface area (Å²) in [6.45, 7) is 3.01. The number of hydrogen-bond donors (Lipinski definition) is 1. The molecule has 0 aliphatic heterocycles. The van der Waals surface area contributed by atoms with Crippen LogP contribution in [0.3, 0.4) is 0 Å². The van der Waals surface area contributed by atoms with Crippen LogP contribution in [-0.2, 0) is 13.0 Å². The Hall–Kier alpha value is -1.64. The zero-order valence-corrected chi connectivity index (χ0v) is 12.6. The first kappa shape index (κ1) is 14.8. The molecule has 0 heterocycles. The van der Waals surface area contributed by atoms with Crippen LogP contribution in [0.5, 0.6) is 0 Å². The Bertz CT molecular complexity index is 542. The lowest BCUT2D eigenvalue weighted by Gasteiger charge is -2.11. The third kappa shape index (κ3) is 4.19. The fourth-order valence-corrected chi connectivity index (χ4v) is 2.42. The van der Waals surface area contributed by atoms with E-state index in [1.54, 1.807) is 0 Å². The first-order valence-electron chi connectivity index (χ1n) is 7.13. The van der Waals surface area contributed by atoms with Crippen molar-refractivity contribution in [2.75, 3.05) is 14.1 Å². The van der Waals surface area contributed by atoms with Crippen LogP contribution in [0.2, 0.25) is 0 Å². The third-order valence-corrected chi connectivity index (χ3v) is 3.27. The van der Waals surface area contributed by atoms with E-state index in [2.05, 4.69) is 67.5 Å². The molecular formula is C18H24N2. The van der Waals surface area contributed by atoms with E-state index in [0.717, 1.165) is 13.0 Å². The molecule has 20 heavy (non-hydrogen) atoms. The SMILES string of the molecule is CC(N)Cc1ccc(-c2cccc(CN(C)C)c2)cc1.